The number of allylic oxidation sites excluding steroid dienone is 2. The maximum atomic E-state index is 12.3. The minimum Gasteiger partial charge on any atom is -0.224 e. The first-order valence-electron chi connectivity index (χ1n) is 6.21. The zero-order valence-electron chi connectivity index (χ0n) is 9.92. The van der Waals surface area contributed by atoms with E-state index in [1.54, 1.807) is 24.3 Å². The minimum absolute atomic E-state index is 0.292. The van der Waals surface area contributed by atoms with Crippen molar-refractivity contribution < 1.29 is 8.42 Å². The third-order valence-corrected chi connectivity index (χ3v) is 6.41. The summed E-state index contributed by atoms with van der Waals surface area (Å²) in [7, 11) is -3.14. The summed E-state index contributed by atoms with van der Waals surface area (Å²) < 4.78 is 25.6. The van der Waals surface area contributed by atoms with E-state index in [4.69, 9.17) is 0 Å². The summed E-state index contributed by atoms with van der Waals surface area (Å²) in [6.45, 7) is 0. The average Bonchev–Trinajstić information content (AvgIpc) is 2.91. The van der Waals surface area contributed by atoms with E-state index < -0.39 is 9.84 Å². The fourth-order valence-corrected chi connectivity index (χ4v) is 5.06. The van der Waals surface area contributed by atoms with Gasteiger partial charge < -0.3 is 0 Å². The Morgan fingerprint density at radius 1 is 1.11 bits per heavy atom. The van der Waals surface area contributed by atoms with Crippen LogP contribution in [0.15, 0.2) is 45.8 Å². The van der Waals surface area contributed by atoms with Gasteiger partial charge in [0.1, 0.15) is 0 Å². The van der Waals surface area contributed by atoms with Crippen LogP contribution in [0.2, 0.25) is 0 Å². The first-order chi connectivity index (χ1) is 8.54. The van der Waals surface area contributed by atoms with Crippen molar-refractivity contribution in [3.05, 3.63) is 40.9 Å². The Bertz CT molecular complexity index is 574. The Kier molecular flexibility index (Phi) is 3.10. The Labute approximate surface area is 116 Å². The number of halogens is 1. The molecule has 1 fully saturated rings. The van der Waals surface area contributed by atoms with Crippen LogP contribution in [0.25, 0.3) is 0 Å². The van der Waals surface area contributed by atoms with Crippen LogP contribution in [0, 0.1) is 17.8 Å². The minimum atomic E-state index is -3.14. The Morgan fingerprint density at radius 3 is 2.39 bits per heavy atom. The second-order valence-corrected chi connectivity index (χ2v) is 8.23. The van der Waals surface area contributed by atoms with Crippen LogP contribution in [0.5, 0.6) is 0 Å². The van der Waals surface area contributed by atoms with Gasteiger partial charge in [0, 0.05) is 4.47 Å². The molecule has 18 heavy (non-hydrogen) atoms. The van der Waals surface area contributed by atoms with E-state index in [0.29, 0.717) is 28.4 Å². The lowest BCUT2D eigenvalue weighted by atomic mass is 9.96. The van der Waals surface area contributed by atoms with Crippen molar-refractivity contribution in [1.29, 1.82) is 0 Å². The van der Waals surface area contributed by atoms with E-state index in [0.717, 1.165) is 17.3 Å². The molecule has 1 aromatic carbocycles. The predicted molar refractivity (Wildman–Crippen MR) is 75.0 cm³/mol. The van der Waals surface area contributed by atoms with Gasteiger partial charge in [-0.15, -0.1) is 0 Å². The highest BCUT2D eigenvalue weighted by molar-refractivity contribution is 9.10. The van der Waals surface area contributed by atoms with Crippen molar-refractivity contribution in [3.63, 3.8) is 0 Å². The Morgan fingerprint density at radius 2 is 1.83 bits per heavy atom. The lowest BCUT2D eigenvalue weighted by Gasteiger charge is -2.17. The van der Waals surface area contributed by atoms with E-state index in [1.807, 2.05) is 0 Å². The lowest BCUT2D eigenvalue weighted by Crippen LogP contribution is -2.19. The van der Waals surface area contributed by atoms with Crippen molar-refractivity contribution in [3.8, 4) is 0 Å². The van der Waals surface area contributed by atoms with E-state index in [1.165, 1.54) is 0 Å². The molecule has 0 N–H and O–H groups in total. The number of rotatable bonds is 3. The van der Waals surface area contributed by atoms with Gasteiger partial charge in [-0.3, -0.25) is 0 Å². The molecule has 4 heteroatoms. The highest BCUT2D eigenvalue weighted by Gasteiger charge is 2.38. The van der Waals surface area contributed by atoms with E-state index in [-0.39, 0.29) is 0 Å². The van der Waals surface area contributed by atoms with Crippen LogP contribution in [-0.4, -0.2) is 14.2 Å². The number of hydrogen-bond donors (Lipinski definition) is 0. The van der Waals surface area contributed by atoms with Crippen molar-refractivity contribution in [2.24, 2.45) is 17.8 Å². The molecular formula is C14H15BrO2S. The standard InChI is InChI=1S/C14H15BrO2S/c15-13-3-5-14(6-4-13)18(16,17)9-12-8-10-1-2-11(12)7-10/h1-6,10-12H,7-9H2/t10-,11+,12+/m1/s1. The first-order valence-corrected chi connectivity index (χ1v) is 8.66. The number of sulfone groups is 1. The molecule has 0 spiro atoms. The van der Waals surface area contributed by atoms with Crippen LogP contribution >= 0.6 is 15.9 Å². The quantitative estimate of drug-likeness (QED) is 0.797. The number of benzene rings is 1. The molecule has 2 bridgehead atoms. The Balaban J connectivity index is 1.79. The van der Waals surface area contributed by atoms with Crippen molar-refractivity contribution in [1.82, 2.24) is 0 Å². The average molecular weight is 327 g/mol. The van der Waals surface area contributed by atoms with Gasteiger partial charge in [0.05, 0.1) is 10.6 Å². The summed E-state index contributed by atoms with van der Waals surface area (Å²) in [5, 5.41) is 0. The molecule has 3 rings (SSSR count). The van der Waals surface area contributed by atoms with Gasteiger partial charge in [-0.1, -0.05) is 28.1 Å². The second kappa shape index (κ2) is 4.49. The summed E-state index contributed by atoms with van der Waals surface area (Å²) in [5.41, 5.74) is 0. The fraction of sp³-hybridized carbons (Fsp3) is 0.429. The molecule has 0 heterocycles. The molecule has 2 aliphatic rings. The summed E-state index contributed by atoms with van der Waals surface area (Å²) >= 11 is 3.32. The van der Waals surface area contributed by atoms with E-state index >= 15 is 0 Å². The van der Waals surface area contributed by atoms with Gasteiger partial charge in [-0.2, -0.15) is 0 Å². The SMILES string of the molecule is O=S(=O)(C[C@@H]1C[C@@H]2C=C[C@H]1C2)c1ccc(Br)cc1. The van der Waals surface area contributed by atoms with Gasteiger partial charge in [0.2, 0.25) is 0 Å². The van der Waals surface area contributed by atoms with Crippen LogP contribution in [-0.2, 0) is 9.84 Å². The largest absolute Gasteiger partial charge is 0.224 e. The first kappa shape index (κ1) is 12.4. The van der Waals surface area contributed by atoms with Gasteiger partial charge in [-0.05, 0) is 54.9 Å². The maximum absolute atomic E-state index is 12.3. The highest BCUT2D eigenvalue weighted by atomic mass is 79.9. The lowest BCUT2D eigenvalue weighted by molar-refractivity contribution is 0.484. The molecule has 0 saturated heterocycles. The molecule has 0 amide bonds. The van der Waals surface area contributed by atoms with Crippen molar-refractivity contribution in [2.75, 3.05) is 5.75 Å². The molecular weight excluding hydrogens is 312 g/mol. The van der Waals surface area contributed by atoms with Gasteiger partial charge in [0.15, 0.2) is 9.84 Å². The van der Waals surface area contributed by atoms with Crippen molar-refractivity contribution >= 4 is 25.8 Å². The third-order valence-electron chi connectivity index (χ3n) is 4.02. The number of hydrogen-bond acceptors (Lipinski definition) is 2. The zero-order chi connectivity index (χ0) is 12.8. The normalized spacial score (nSPS) is 29.9. The monoisotopic (exact) mass is 326 g/mol. The molecule has 96 valence electrons. The van der Waals surface area contributed by atoms with Crippen LogP contribution in [0.1, 0.15) is 12.8 Å². The van der Waals surface area contributed by atoms with Crippen molar-refractivity contribution in [2.45, 2.75) is 17.7 Å². The number of fused-ring (bicyclic) bond motifs is 2. The fourth-order valence-electron chi connectivity index (χ4n) is 3.11. The van der Waals surface area contributed by atoms with E-state index in [9.17, 15) is 8.42 Å². The van der Waals surface area contributed by atoms with Crippen LogP contribution < -0.4 is 0 Å². The zero-order valence-corrected chi connectivity index (χ0v) is 12.3. The summed E-state index contributed by atoms with van der Waals surface area (Å²) in [5.74, 6) is 1.72. The molecule has 0 aromatic heterocycles. The molecule has 3 atom stereocenters. The second-order valence-electron chi connectivity index (χ2n) is 5.28. The highest BCUT2D eigenvalue weighted by Crippen LogP contribution is 2.44. The van der Waals surface area contributed by atoms with Gasteiger partial charge in [0.25, 0.3) is 0 Å². The van der Waals surface area contributed by atoms with Gasteiger partial charge >= 0.3 is 0 Å². The summed E-state index contributed by atoms with van der Waals surface area (Å²) in [6, 6.07) is 6.94. The van der Waals surface area contributed by atoms with Crippen LogP contribution in [0.4, 0.5) is 0 Å². The van der Waals surface area contributed by atoms with E-state index in [2.05, 4.69) is 28.1 Å². The molecule has 1 aromatic rings. The molecule has 1 saturated carbocycles. The topological polar surface area (TPSA) is 34.1 Å². The molecule has 2 nitrogen and oxygen atoms in total. The molecule has 0 aliphatic heterocycles. The summed E-state index contributed by atoms with van der Waals surface area (Å²) in [6.07, 6.45) is 6.64. The molecule has 0 unspecified atom stereocenters. The Hall–Kier alpha value is -0.610. The van der Waals surface area contributed by atoms with Gasteiger partial charge in [-0.25, -0.2) is 8.42 Å². The smallest absolute Gasteiger partial charge is 0.178 e. The summed E-state index contributed by atoms with van der Waals surface area (Å²) in [4.78, 5) is 0.442. The molecule has 2 aliphatic carbocycles. The van der Waals surface area contributed by atoms with Crippen LogP contribution in [0.3, 0.4) is 0 Å². The molecule has 0 radical (unpaired) electrons. The predicted octanol–water partition coefficient (Wildman–Crippen LogP) is 3.44. The third kappa shape index (κ3) is 2.28. The maximum Gasteiger partial charge on any atom is 0.178 e.